The van der Waals surface area contributed by atoms with Crippen LogP contribution >= 0.6 is 0 Å². The number of rotatable bonds is 5. The highest BCUT2D eigenvalue weighted by atomic mass is 16.1. The number of carbonyl (C=O) groups is 1. The lowest BCUT2D eigenvalue weighted by atomic mass is 9.89. The van der Waals surface area contributed by atoms with Crippen LogP contribution in [-0.2, 0) is 11.2 Å². The van der Waals surface area contributed by atoms with Crippen LogP contribution in [0.5, 0.6) is 0 Å². The predicted molar refractivity (Wildman–Crippen MR) is 77.8 cm³/mol. The minimum Gasteiger partial charge on any atom is -0.330 e. The van der Waals surface area contributed by atoms with Crippen molar-refractivity contribution in [1.82, 2.24) is 4.98 Å². The number of carbonyl (C=O) groups excluding carboxylic acids is 1. The van der Waals surface area contributed by atoms with Gasteiger partial charge in [0.25, 0.3) is 0 Å². The zero-order valence-electron chi connectivity index (χ0n) is 11.5. The standard InChI is InChI=1S/C16H20N2O/c1-11(2)14(10-17)16(19)9-13-8-7-12-5-3-4-6-15(12)18-13/h3-8,11,14H,9-10,17H2,1-2H3. The monoisotopic (exact) mass is 256 g/mol. The number of benzene rings is 1. The molecule has 3 heteroatoms. The highest BCUT2D eigenvalue weighted by Gasteiger charge is 2.20. The summed E-state index contributed by atoms with van der Waals surface area (Å²) in [4.78, 5) is 16.7. The van der Waals surface area contributed by atoms with Gasteiger partial charge in [0.15, 0.2) is 0 Å². The molecule has 1 atom stereocenters. The fraction of sp³-hybridized carbons (Fsp3) is 0.375. The van der Waals surface area contributed by atoms with E-state index in [0.717, 1.165) is 16.6 Å². The van der Waals surface area contributed by atoms with Gasteiger partial charge in [-0.15, -0.1) is 0 Å². The zero-order valence-corrected chi connectivity index (χ0v) is 11.5. The van der Waals surface area contributed by atoms with Crippen LogP contribution in [0.2, 0.25) is 0 Å². The van der Waals surface area contributed by atoms with Crippen molar-refractivity contribution in [3.05, 3.63) is 42.1 Å². The van der Waals surface area contributed by atoms with E-state index < -0.39 is 0 Å². The van der Waals surface area contributed by atoms with E-state index in [1.807, 2.05) is 50.2 Å². The van der Waals surface area contributed by atoms with Crippen molar-refractivity contribution in [3.63, 3.8) is 0 Å². The summed E-state index contributed by atoms with van der Waals surface area (Å²) in [5, 5.41) is 1.10. The third-order valence-electron chi connectivity index (χ3n) is 3.48. The third-order valence-corrected chi connectivity index (χ3v) is 3.48. The zero-order chi connectivity index (χ0) is 13.8. The summed E-state index contributed by atoms with van der Waals surface area (Å²) in [5.41, 5.74) is 7.43. The predicted octanol–water partition coefficient (Wildman–Crippen LogP) is 2.58. The van der Waals surface area contributed by atoms with E-state index in [1.165, 1.54) is 0 Å². The Balaban J connectivity index is 2.19. The molecule has 3 nitrogen and oxygen atoms in total. The average molecular weight is 256 g/mol. The van der Waals surface area contributed by atoms with Gasteiger partial charge >= 0.3 is 0 Å². The van der Waals surface area contributed by atoms with Gasteiger partial charge in [-0.2, -0.15) is 0 Å². The Morgan fingerprint density at radius 1 is 1.21 bits per heavy atom. The molecular weight excluding hydrogens is 236 g/mol. The molecule has 0 bridgehead atoms. The van der Waals surface area contributed by atoms with Crippen LogP contribution in [-0.4, -0.2) is 17.3 Å². The molecule has 0 saturated carbocycles. The lowest BCUT2D eigenvalue weighted by molar-refractivity contribution is -0.123. The van der Waals surface area contributed by atoms with E-state index in [2.05, 4.69) is 4.98 Å². The van der Waals surface area contributed by atoms with Crippen LogP contribution in [0, 0.1) is 11.8 Å². The molecule has 0 saturated heterocycles. The second kappa shape index (κ2) is 5.93. The van der Waals surface area contributed by atoms with Gasteiger partial charge in [-0.05, 0) is 18.1 Å². The molecule has 1 unspecified atom stereocenters. The highest BCUT2D eigenvalue weighted by Crippen LogP contribution is 2.16. The van der Waals surface area contributed by atoms with E-state index in [9.17, 15) is 4.79 Å². The Morgan fingerprint density at radius 2 is 1.95 bits per heavy atom. The SMILES string of the molecule is CC(C)C(CN)C(=O)Cc1ccc2ccccc2n1. The van der Waals surface area contributed by atoms with Crippen molar-refractivity contribution >= 4 is 16.7 Å². The van der Waals surface area contributed by atoms with Crippen molar-refractivity contribution < 1.29 is 4.79 Å². The number of nitrogens with zero attached hydrogens (tertiary/aromatic N) is 1. The van der Waals surface area contributed by atoms with Crippen molar-refractivity contribution in [3.8, 4) is 0 Å². The number of hydrogen-bond donors (Lipinski definition) is 1. The highest BCUT2D eigenvalue weighted by molar-refractivity contribution is 5.84. The van der Waals surface area contributed by atoms with Crippen LogP contribution in [0.3, 0.4) is 0 Å². The number of aromatic nitrogens is 1. The average Bonchev–Trinajstić information content (AvgIpc) is 2.39. The van der Waals surface area contributed by atoms with Gasteiger partial charge in [-0.25, -0.2) is 0 Å². The summed E-state index contributed by atoms with van der Waals surface area (Å²) < 4.78 is 0. The smallest absolute Gasteiger partial charge is 0.143 e. The van der Waals surface area contributed by atoms with Crippen LogP contribution in [0.4, 0.5) is 0 Å². The maximum absolute atomic E-state index is 12.2. The number of nitrogens with two attached hydrogens (primary N) is 1. The molecule has 100 valence electrons. The minimum atomic E-state index is -0.0757. The fourth-order valence-electron chi connectivity index (χ4n) is 2.29. The number of para-hydroxylation sites is 1. The molecule has 0 amide bonds. The van der Waals surface area contributed by atoms with E-state index in [1.54, 1.807) is 0 Å². The largest absolute Gasteiger partial charge is 0.330 e. The molecule has 0 aliphatic carbocycles. The van der Waals surface area contributed by atoms with Crippen molar-refractivity contribution in [1.29, 1.82) is 0 Å². The molecule has 0 aliphatic rings. The second-order valence-corrected chi connectivity index (χ2v) is 5.22. The first-order valence-electron chi connectivity index (χ1n) is 6.69. The summed E-state index contributed by atoms with van der Waals surface area (Å²) in [5.74, 6) is 0.381. The van der Waals surface area contributed by atoms with Gasteiger partial charge in [0, 0.05) is 30.0 Å². The number of fused-ring (bicyclic) bond motifs is 1. The van der Waals surface area contributed by atoms with Gasteiger partial charge in [-0.3, -0.25) is 9.78 Å². The lowest BCUT2D eigenvalue weighted by Crippen LogP contribution is -2.29. The van der Waals surface area contributed by atoms with Gasteiger partial charge < -0.3 is 5.73 Å². The van der Waals surface area contributed by atoms with E-state index >= 15 is 0 Å². The maximum Gasteiger partial charge on any atom is 0.143 e. The van der Waals surface area contributed by atoms with E-state index in [0.29, 0.717) is 13.0 Å². The van der Waals surface area contributed by atoms with Crippen LogP contribution in [0.25, 0.3) is 10.9 Å². The molecule has 0 aliphatic heterocycles. The quantitative estimate of drug-likeness (QED) is 0.894. The fourth-order valence-corrected chi connectivity index (χ4v) is 2.29. The molecule has 0 fully saturated rings. The Hall–Kier alpha value is -1.74. The first-order chi connectivity index (χ1) is 9.11. The molecule has 2 rings (SSSR count). The number of Topliss-reactive ketones (excluding diaryl/α,β-unsaturated/α-hetero) is 1. The second-order valence-electron chi connectivity index (χ2n) is 5.22. The summed E-state index contributed by atoms with van der Waals surface area (Å²) >= 11 is 0. The number of pyridine rings is 1. The van der Waals surface area contributed by atoms with Crippen LogP contribution in [0.1, 0.15) is 19.5 Å². The molecule has 1 aromatic heterocycles. The molecule has 2 aromatic rings. The first-order valence-corrected chi connectivity index (χ1v) is 6.69. The Bertz CT molecular complexity index is 578. The maximum atomic E-state index is 12.2. The topological polar surface area (TPSA) is 56.0 Å². The van der Waals surface area contributed by atoms with Gasteiger partial charge in [-0.1, -0.05) is 38.1 Å². The van der Waals surface area contributed by atoms with Crippen molar-refractivity contribution in [2.75, 3.05) is 6.54 Å². The Morgan fingerprint density at radius 3 is 2.63 bits per heavy atom. The number of ketones is 1. The first kappa shape index (κ1) is 13.7. The van der Waals surface area contributed by atoms with Gasteiger partial charge in [0.1, 0.15) is 5.78 Å². The third kappa shape index (κ3) is 3.18. The van der Waals surface area contributed by atoms with Crippen LogP contribution < -0.4 is 5.73 Å². The molecule has 0 radical (unpaired) electrons. The summed E-state index contributed by atoms with van der Waals surface area (Å²) in [7, 11) is 0. The van der Waals surface area contributed by atoms with Gasteiger partial charge in [0.05, 0.1) is 5.52 Å². The summed E-state index contributed by atoms with van der Waals surface area (Å²) in [6.07, 6.45) is 0.366. The molecule has 19 heavy (non-hydrogen) atoms. The van der Waals surface area contributed by atoms with Crippen molar-refractivity contribution in [2.24, 2.45) is 17.6 Å². The summed E-state index contributed by atoms with van der Waals surface area (Å²) in [6, 6.07) is 11.9. The van der Waals surface area contributed by atoms with Crippen LogP contribution in [0.15, 0.2) is 36.4 Å². The minimum absolute atomic E-state index is 0.0757. The molecular formula is C16H20N2O. The molecule has 1 heterocycles. The molecule has 0 spiro atoms. The Kier molecular flexibility index (Phi) is 4.27. The van der Waals surface area contributed by atoms with Crippen molar-refractivity contribution in [2.45, 2.75) is 20.3 Å². The van der Waals surface area contributed by atoms with E-state index in [4.69, 9.17) is 5.73 Å². The normalized spacial score (nSPS) is 12.8. The molecule has 2 N–H and O–H groups in total. The number of hydrogen-bond acceptors (Lipinski definition) is 3. The lowest BCUT2D eigenvalue weighted by Gasteiger charge is -2.17. The Labute approximate surface area is 113 Å². The summed E-state index contributed by atoms with van der Waals surface area (Å²) in [6.45, 7) is 4.47. The molecule has 1 aromatic carbocycles. The van der Waals surface area contributed by atoms with Gasteiger partial charge in [0.2, 0.25) is 0 Å². The van der Waals surface area contributed by atoms with E-state index in [-0.39, 0.29) is 17.6 Å².